The van der Waals surface area contributed by atoms with Gasteiger partial charge in [0, 0.05) is 58.1 Å². The minimum atomic E-state index is -0.125. The lowest BCUT2D eigenvalue weighted by atomic mass is 9.86. The number of hydrogen-bond acceptors (Lipinski definition) is 6. The Labute approximate surface area is 197 Å². The molecule has 0 bridgehead atoms. The fourth-order valence-electron chi connectivity index (χ4n) is 4.76. The Balaban J connectivity index is 1.77. The predicted octanol–water partition coefficient (Wildman–Crippen LogP) is 2.30. The third-order valence-corrected chi connectivity index (χ3v) is 6.59. The lowest BCUT2D eigenvalue weighted by Gasteiger charge is -2.44. The lowest BCUT2D eigenvalue weighted by molar-refractivity contribution is 0.0917. The molecular formula is C24H36N8O. The number of urea groups is 1. The number of rotatable bonds is 8. The van der Waals surface area contributed by atoms with E-state index >= 15 is 0 Å². The number of allylic oxidation sites excluding steroid dienone is 2. The average Bonchev–Trinajstić information content (AvgIpc) is 3.34. The number of piperidine rings is 1. The molecule has 0 aromatic carbocycles. The zero-order valence-corrected chi connectivity index (χ0v) is 20.6. The maximum absolute atomic E-state index is 13.0. The first kappa shape index (κ1) is 24.5. The molecule has 1 aromatic heterocycles. The van der Waals surface area contributed by atoms with Crippen LogP contribution >= 0.6 is 0 Å². The minimum Gasteiger partial charge on any atom is -0.357 e. The molecular weight excluding hydrogens is 416 g/mol. The molecule has 33 heavy (non-hydrogen) atoms. The zero-order valence-electron chi connectivity index (χ0n) is 20.6. The van der Waals surface area contributed by atoms with Crippen LogP contribution in [-0.4, -0.2) is 100 Å². The van der Waals surface area contributed by atoms with Gasteiger partial charge in [-0.3, -0.25) is 4.68 Å². The molecule has 2 amide bonds. The van der Waals surface area contributed by atoms with Crippen molar-refractivity contribution in [1.29, 1.82) is 5.26 Å². The molecule has 0 unspecified atom stereocenters. The zero-order chi connectivity index (χ0) is 24.2. The smallest absolute Gasteiger partial charge is 0.320 e. The standard InChI is InChI=1S/C24H36N8O/c1-7-21(27-22(19(3)15-25)20-16-26-29(6)17-20)30-11-9-24(10-12-30)18-31(14-13-28(4)5)23(33)32(24)8-2/h7,16-17H,3,8-14,18H2,1-2,4-6H3/b21-7+,27-22?. The van der Waals surface area contributed by atoms with Crippen molar-refractivity contribution in [3.63, 3.8) is 0 Å². The number of nitrogens with zero attached hydrogens (tertiary/aromatic N) is 8. The Hall–Kier alpha value is -3.12. The van der Waals surface area contributed by atoms with Gasteiger partial charge in [0.25, 0.3) is 0 Å². The van der Waals surface area contributed by atoms with E-state index in [4.69, 9.17) is 4.99 Å². The Bertz CT molecular complexity index is 975. The number of nitriles is 1. The summed E-state index contributed by atoms with van der Waals surface area (Å²) >= 11 is 0. The summed E-state index contributed by atoms with van der Waals surface area (Å²) in [4.78, 5) is 26.3. The number of aliphatic imine (C=N–C) groups is 1. The first-order valence-corrected chi connectivity index (χ1v) is 11.5. The van der Waals surface area contributed by atoms with Gasteiger partial charge in [0.2, 0.25) is 0 Å². The molecule has 3 heterocycles. The van der Waals surface area contributed by atoms with Gasteiger partial charge in [0.15, 0.2) is 0 Å². The van der Waals surface area contributed by atoms with Crippen LogP contribution in [0.25, 0.3) is 0 Å². The quantitative estimate of drug-likeness (QED) is 0.446. The Morgan fingerprint density at radius 2 is 2.09 bits per heavy atom. The van der Waals surface area contributed by atoms with Crippen LogP contribution in [0.3, 0.4) is 0 Å². The highest BCUT2D eigenvalue weighted by Gasteiger charge is 2.50. The van der Waals surface area contributed by atoms with E-state index in [1.807, 2.05) is 45.2 Å². The van der Waals surface area contributed by atoms with E-state index in [0.29, 0.717) is 11.3 Å². The molecule has 3 rings (SSSR count). The van der Waals surface area contributed by atoms with E-state index in [2.05, 4.69) is 39.4 Å². The van der Waals surface area contributed by atoms with Gasteiger partial charge >= 0.3 is 6.03 Å². The second-order valence-corrected chi connectivity index (χ2v) is 9.06. The first-order valence-electron chi connectivity index (χ1n) is 11.5. The maximum Gasteiger partial charge on any atom is 0.320 e. The number of amides is 2. The van der Waals surface area contributed by atoms with Crippen LogP contribution < -0.4 is 0 Å². The lowest BCUT2D eigenvalue weighted by Crippen LogP contribution is -2.54. The number of likely N-dealkylation sites (N-methyl/N-ethyl adjacent to an activating group) is 2. The van der Waals surface area contributed by atoms with Crippen molar-refractivity contribution < 1.29 is 4.79 Å². The van der Waals surface area contributed by atoms with Gasteiger partial charge in [0.05, 0.1) is 23.0 Å². The van der Waals surface area contributed by atoms with Gasteiger partial charge in [-0.2, -0.15) is 10.4 Å². The van der Waals surface area contributed by atoms with Gasteiger partial charge in [-0.05, 0) is 46.9 Å². The molecule has 2 aliphatic rings. The SMILES string of the molecule is C=C(C#N)C(=N/C(=C\C)N1CCC2(CC1)CN(CCN(C)C)C(=O)N2CC)c1cnn(C)c1. The summed E-state index contributed by atoms with van der Waals surface area (Å²) in [6.45, 7) is 12.6. The number of carbonyl (C=O) groups is 1. The molecule has 2 saturated heterocycles. The number of aromatic nitrogens is 2. The van der Waals surface area contributed by atoms with Crippen molar-refractivity contribution in [2.75, 3.05) is 53.4 Å². The van der Waals surface area contributed by atoms with Gasteiger partial charge in [-0.15, -0.1) is 0 Å². The highest BCUT2D eigenvalue weighted by molar-refractivity contribution is 6.14. The molecule has 1 spiro atoms. The van der Waals surface area contributed by atoms with Gasteiger partial charge in [-0.1, -0.05) is 6.58 Å². The molecule has 2 aliphatic heterocycles. The van der Waals surface area contributed by atoms with E-state index in [1.165, 1.54) is 0 Å². The highest BCUT2D eigenvalue weighted by Crippen LogP contribution is 2.37. The van der Waals surface area contributed by atoms with Crippen LogP contribution in [0.1, 0.15) is 32.3 Å². The third kappa shape index (κ3) is 5.11. The van der Waals surface area contributed by atoms with Crippen molar-refractivity contribution in [3.8, 4) is 6.07 Å². The fraction of sp³-hybridized carbons (Fsp3) is 0.583. The largest absolute Gasteiger partial charge is 0.357 e. The minimum absolute atomic E-state index is 0.125. The first-order chi connectivity index (χ1) is 15.7. The molecule has 0 saturated carbocycles. The fourth-order valence-corrected chi connectivity index (χ4v) is 4.76. The second-order valence-electron chi connectivity index (χ2n) is 9.06. The summed E-state index contributed by atoms with van der Waals surface area (Å²) in [5.74, 6) is 0.817. The molecule has 0 N–H and O–H groups in total. The second kappa shape index (κ2) is 10.2. The molecule has 1 aromatic rings. The number of likely N-dealkylation sites (tertiary alicyclic amines) is 1. The van der Waals surface area contributed by atoms with Crippen molar-refractivity contribution in [1.82, 2.24) is 29.4 Å². The van der Waals surface area contributed by atoms with Crippen molar-refractivity contribution in [2.45, 2.75) is 32.2 Å². The van der Waals surface area contributed by atoms with Crippen LogP contribution in [0.15, 0.2) is 41.4 Å². The molecule has 178 valence electrons. The van der Waals surface area contributed by atoms with Crippen LogP contribution in [0, 0.1) is 11.3 Å². The van der Waals surface area contributed by atoms with E-state index in [0.717, 1.165) is 63.5 Å². The topological polar surface area (TPSA) is 84.0 Å². The van der Waals surface area contributed by atoms with Crippen LogP contribution in [0.2, 0.25) is 0 Å². The average molecular weight is 453 g/mol. The summed E-state index contributed by atoms with van der Waals surface area (Å²) in [6.07, 6.45) is 7.29. The maximum atomic E-state index is 13.0. The van der Waals surface area contributed by atoms with Crippen molar-refractivity contribution in [3.05, 3.63) is 42.0 Å². The number of hydrogen-bond donors (Lipinski definition) is 0. The van der Waals surface area contributed by atoms with E-state index < -0.39 is 0 Å². The molecule has 2 fully saturated rings. The number of carbonyl (C=O) groups excluding carboxylic acids is 1. The van der Waals surface area contributed by atoms with Crippen LogP contribution in [-0.2, 0) is 7.05 Å². The van der Waals surface area contributed by atoms with Gasteiger partial charge in [-0.25, -0.2) is 9.79 Å². The van der Waals surface area contributed by atoms with Crippen molar-refractivity contribution in [2.24, 2.45) is 12.0 Å². The summed E-state index contributed by atoms with van der Waals surface area (Å²) in [6, 6.07) is 2.28. The Morgan fingerprint density at radius 3 is 2.61 bits per heavy atom. The molecule has 9 nitrogen and oxygen atoms in total. The predicted molar refractivity (Wildman–Crippen MR) is 130 cm³/mol. The van der Waals surface area contributed by atoms with Crippen LogP contribution in [0.4, 0.5) is 4.79 Å². The summed E-state index contributed by atoms with van der Waals surface area (Å²) in [5.41, 5.74) is 1.50. The number of aryl methyl sites for hydroxylation is 1. The van der Waals surface area contributed by atoms with E-state index in [1.54, 1.807) is 10.9 Å². The summed E-state index contributed by atoms with van der Waals surface area (Å²) in [7, 11) is 5.90. The molecule has 0 atom stereocenters. The van der Waals surface area contributed by atoms with Gasteiger partial charge in [0.1, 0.15) is 11.9 Å². The molecule has 0 aliphatic carbocycles. The normalized spacial score (nSPS) is 19.1. The van der Waals surface area contributed by atoms with Gasteiger partial charge < -0.3 is 19.6 Å². The van der Waals surface area contributed by atoms with E-state index in [-0.39, 0.29) is 11.6 Å². The van der Waals surface area contributed by atoms with E-state index in [9.17, 15) is 10.1 Å². The Kier molecular flexibility index (Phi) is 7.59. The van der Waals surface area contributed by atoms with Crippen LogP contribution in [0.5, 0.6) is 0 Å². The highest BCUT2D eigenvalue weighted by atomic mass is 16.2. The summed E-state index contributed by atoms with van der Waals surface area (Å²) < 4.78 is 1.69. The summed E-state index contributed by atoms with van der Waals surface area (Å²) in [5, 5.41) is 13.7. The molecule has 9 heteroatoms. The monoisotopic (exact) mass is 452 g/mol. The third-order valence-electron chi connectivity index (χ3n) is 6.59. The van der Waals surface area contributed by atoms with Crippen molar-refractivity contribution >= 4 is 11.7 Å². The molecule has 0 radical (unpaired) electrons. The Morgan fingerprint density at radius 1 is 1.39 bits per heavy atom.